The maximum Gasteiger partial charge on any atom is 0.407 e. The van der Waals surface area contributed by atoms with E-state index in [1.54, 1.807) is 48.8 Å². The number of amides is 4. The van der Waals surface area contributed by atoms with Gasteiger partial charge in [-0.1, -0.05) is 17.7 Å². The van der Waals surface area contributed by atoms with Gasteiger partial charge in [-0.15, -0.1) is 0 Å². The molecule has 2 aromatic carbocycles. The van der Waals surface area contributed by atoms with Crippen molar-refractivity contribution in [3.8, 4) is 0 Å². The van der Waals surface area contributed by atoms with Crippen LogP contribution in [-0.4, -0.2) is 91.5 Å². The summed E-state index contributed by atoms with van der Waals surface area (Å²) in [6.07, 6.45) is -5.08. The first-order valence-electron chi connectivity index (χ1n) is 15.0. The number of likely N-dealkylation sites (tertiary alicyclic amines) is 1. The molecule has 4 rings (SSSR count). The van der Waals surface area contributed by atoms with Gasteiger partial charge < -0.3 is 30.5 Å². The van der Waals surface area contributed by atoms with Crippen molar-refractivity contribution in [2.75, 3.05) is 56.0 Å². The number of anilines is 2. The van der Waals surface area contributed by atoms with Crippen LogP contribution in [0.3, 0.4) is 0 Å². The second-order valence-corrected chi connectivity index (χ2v) is 12.8. The fourth-order valence-electron chi connectivity index (χ4n) is 5.24. The third-order valence-electron chi connectivity index (χ3n) is 7.55. The van der Waals surface area contributed by atoms with E-state index in [0.717, 1.165) is 0 Å². The number of rotatable bonds is 8. The molecule has 2 aromatic rings. The SMILES string of the molecule is CC(C)(C)OC(=O)N[C@@H]1CCN(C(=O)NCc2ccc(C(=O)Nc3ccc(Cl)cc3N3CCN(CCC(F)(F)F)CC3)c(F)c2)C1. The van der Waals surface area contributed by atoms with Gasteiger partial charge in [0, 0.05) is 57.4 Å². The predicted molar refractivity (Wildman–Crippen MR) is 167 cm³/mol. The predicted octanol–water partition coefficient (Wildman–Crippen LogP) is 5.61. The summed E-state index contributed by atoms with van der Waals surface area (Å²) in [6, 6.07) is 8.26. The Kier molecular flexibility index (Phi) is 11.3. The summed E-state index contributed by atoms with van der Waals surface area (Å²) in [4.78, 5) is 43.0. The van der Waals surface area contributed by atoms with Gasteiger partial charge in [0.15, 0.2) is 0 Å². The van der Waals surface area contributed by atoms with Crippen LogP contribution in [0.1, 0.15) is 49.5 Å². The maximum atomic E-state index is 15.1. The molecular formula is C31H39ClF4N6O4. The van der Waals surface area contributed by atoms with Crippen molar-refractivity contribution in [2.45, 2.75) is 58.0 Å². The highest BCUT2D eigenvalue weighted by Gasteiger charge is 2.30. The molecule has 10 nitrogen and oxygen atoms in total. The lowest BCUT2D eigenvalue weighted by molar-refractivity contribution is -0.138. The molecule has 0 aromatic heterocycles. The summed E-state index contributed by atoms with van der Waals surface area (Å²) >= 11 is 6.21. The van der Waals surface area contributed by atoms with E-state index < -0.39 is 36.0 Å². The van der Waals surface area contributed by atoms with Crippen molar-refractivity contribution in [1.82, 2.24) is 20.4 Å². The first kappa shape index (κ1) is 35.1. The average molecular weight is 671 g/mol. The van der Waals surface area contributed by atoms with E-state index in [2.05, 4.69) is 16.0 Å². The fourth-order valence-corrected chi connectivity index (χ4v) is 5.40. The number of ether oxygens (including phenoxy) is 1. The molecule has 46 heavy (non-hydrogen) atoms. The molecule has 1 atom stereocenters. The number of carbonyl (C=O) groups is 3. The van der Waals surface area contributed by atoms with Gasteiger partial charge in [-0.3, -0.25) is 9.69 Å². The molecule has 0 saturated carbocycles. The Morgan fingerprint density at radius 3 is 2.37 bits per heavy atom. The zero-order valence-electron chi connectivity index (χ0n) is 26.0. The Balaban J connectivity index is 1.30. The lowest BCUT2D eigenvalue weighted by atomic mass is 10.1. The smallest absolute Gasteiger partial charge is 0.407 e. The second-order valence-electron chi connectivity index (χ2n) is 12.4. The molecule has 4 amide bonds. The lowest BCUT2D eigenvalue weighted by Gasteiger charge is -2.37. The molecule has 2 heterocycles. The molecule has 0 bridgehead atoms. The van der Waals surface area contributed by atoms with E-state index in [1.165, 1.54) is 18.2 Å². The van der Waals surface area contributed by atoms with Crippen LogP contribution in [0.4, 0.5) is 38.5 Å². The summed E-state index contributed by atoms with van der Waals surface area (Å²) in [5.74, 6) is -1.47. The number of carbonyl (C=O) groups excluding carboxylic acids is 3. The summed E-state index contributed by atoms with van der Waals surface area (Å²) in [7, 11) is 0. The number of benzene rings is 2. The zero-order chi connectivity index (χ0) is 33.6. The minimum atomic E-state index is -4.22. The van der Waals surface area contributed by atoms with Crippen molar-refractivity contribution in [3.63, 3.8) is 0 Å². The topological polar surface area (TPSA) is 106 Å². The number of alkyl halides is 3. The molecule has 0 radical (unpaired) electrons. The van der Waals surface area contributed by atoms with E-state index >= 15 is 4.39 Å². The molecule has 2 saturated heterocycles. The number of nitrogens with zero attached hydrogens (tertiary/aromatic N) is 3. The highest BCUT2D eigenvalue weighted by molar-refractivity contribution is 6.31. The van der Waals surface area contributed by atoms with E-state index in [1.807, 2.05) is 4.90 Å². The molecule has 3 N–H and O–H groups in total. The van der Waals surface area contributed by atoms with Crippen molar-refractivity contribution in [1.29, 1.82) is 0 Å². The van der Waals surface area contributed by atoms with Crippen LogP contribution in [0.25, 0.3) is 0 Å². The van der Waals surface area contributed by atoms with Gasteiger partial charge in [0.2, 0.25) is 0 Å². The monoisotopic (exact) mass is 670 g/mol. The largest absolute Gasteiger partial charge is 0.444 e. The van der Waals surface area contributed by atoms with Gasteiger partial charge in [0.05, 0.1) is 29.4 Å². The minimum absolute atomic E-state index is 0.0224. The lowest BCUT2D eigenvalue weighted by Crippen LogP contribution is -2.47. The van der Waals surface area contributed by atoms with Gasteiger partial charge in [-0.25, -0.2) is 14.0 Å². The molecule has 252 valence electrons. The Hall–Kier alpha value is -3.78. The van der Waals surface area contributed by atoms with Crippen LogP contribution >= 0.6 is 11.6 Å². The average Bonchev–Trinajstić information content (AvgIpc) is 3.43. The van der Waals surface area contributed by atoms with E-state index in [4.69, 9.17) is 16.3 Å². The Labute approximate surface area is 270 Å². The molecule has 15 heteroatoms. The maximum absolute atomic E-state index is 15.1. The third kappa shape index (κ3) is 10.4. The van der Waals surface area contributed by atoms with Crippen LogP contribution in [0.2, 0.25) is 5.02 Å². The molecule has 2 aliphatic rings. The summed E-state index contributed by atoms with van der Waals surface area (Å²) < 4.78 is 58.2. The van der Waals surface area contributed by atoms with Crippen molar-refractivity contribution in [2.24, 2.45) is 0 Å². The Morgan fingerprint density at radius 2 is 1.72 bits per heavy atom. The third-order valence-corrected chi connectivity index (χ3v) is 7.79. The molecule has 0 unspecified atom stereocenters. The van der Waals surface area contributed by atoms with Gasteiger partial charge in [-0.05, 0) is 63.1 Å². The standard InChI is InChI=1S/C31H39ClF4N6O4/c1-30(2,3)46-29(45)38-22-8-10-42(19-22)28(44)37-18-20-4-6-23(24(33)16-20)27(43)39-25-7-5-21(32)17-26(25)41-14-12-40(13-15-41)11-9-31(34,35)36/h4-7,16-17,22H,8-15,18-19H2,1-3H3,(H,37,44)(H,38,45)(H,39,43)/t22-/m1/s1. The first-order valence-corrected chi connectivity index (χ1v) is 15.4. The highest BCUT2D eigenvalue weighted by atomic mass is 35.5. The Morgan fingerprint density at radius 1 is 1.00 bits per heavy atom. The molecular weight excluding hydrogens is 632 g/mol. The summed E-state index contributed by atoms with van der Waals surface area (Å²) in [5, 5.41) is 8.63. The number of urea groups is 1. The van der Waals surface area contributed by atoms with Gasteiger partial charge in [0.1, 0.15) is 11.4 Å². The molecule has 2 fully saturated rings. The summed E-state index contributed by atoms with van der Waals surface area (Å²) in [5.41, 5.74) is 0.581. The van der Waals surface area contributed by atoms with Crippen LogP contribution in [-0.2, 0) is 11.3 Å². The number of halogens is 5. The molecule has 2 aliphatic heterocycles. The van der Waals surface area contributed by atoms with Crippen LogP contribution < -0.4 is 20.9 Å². The minimum Gasteiger partial charge on any atom is -0.444 e. The Bertz CT molecular complexity index is 1410. The highest BCUT2D eigenvalue weighted by Crippen LogP contribution is 2.31. The van der Waals surface area contributed by atoms with E-state index in [9.17, 15) is 27.6 Å². The summed E-state index contributed by atoms with van der Waals surface area (Å²) in [6.45, 7) is 7.63. The zero-order valence-corrected chi connectivity index (χ0v) is 26.7. The van der Waals surface area contributed by atoms with Crippen molar-refractivity contribution >= 4 is 41.0 Å². The van der Waals surface area contributed by atoms with Crippen molar-refractivity contribution < 1.29 is 36.7 Å². The number of hydrogen-bond donors (Lipinski definition) is 3. The van der Waals surface area contributed by atoms with Crippen LogP contribution in [0.15, 0.2) is 36.4 Å². The van der Waals surface area contributed by atoms with Crippen LogP contribution in [0.5, 0.6) is 0 Å². The number of piperazine rings is 1. The molecule has 0 aliphatic carbocycles. The first-order chi connectivity index (χ1) is 21.6. The van der Waals surface area contributed by atoms with E-state index in [-0.39, 0.29) is 30.7 Å². The number of hydrogen-bond acceptors (Lipinski definition) is 6. The van der Waals surface area contributed by atoms with Gasteiger partial charge in [-0.2, -0.15) is 13.2 Å². The number of alkyl carbamates (subject to hydrolysis) is 1. The molecule has 0 spiro atoms. The van der Waals surface area contributed by atoms with E-state index in [0.29, 0.717) is 67.7 Å². The van der Waals surface area contributed by atoms with Crippen LogP contribution in [0, 0.1) is 5.82 Å². The normalized spacial score (nSPS) is 17.5. The van der Waals surface area contributed by atoms with Crippen molar-refractivity contribution in [3.05, 3.63) is 58.4 Å². The second kappa shape index (κ2) is 14.8. The van der Waals surface area contributed by atoms with Gasteiger partial charge in [0.25, 0.3) is 5.91 Å². The quantitative estimate of drug-likeness (QED) is 0.315. The fraction of sp³-hybridized carbons (Fsp3) is 0.516. The number of nitrogens with one attached hydrogen (secondary N) is 3. The van der Waals surface area contributed by atoms with Gasteiger partial charge >= 0.3 is 18.3 Å².